The lowest BCUT2D eigenvalue weighted by Gasteiger charge is -2.03. The number of thiazole rings is 1. The summed E-state index contributed by atoms with van der Waals surface area (Å²) in [5, 5.41) is 4.64. The van der Waals surface area contributed by atoms with Crippen LogP contribution in [0.1, 0.15) is 15.2 Å². The average molecular weight is 336 g/mol. The summed E-state index contributed by atoms with van der Waals surface area (Å²) in [6.45, 7) is 2.00. The van der Waals surface area contributed by atoms with Gasteiger partial charge >= 0.3 is 0 Å². The van der Waals surface area contributed by atoms with Gasteiger partial charge in [0.1, 0.15) is 0 Å². The SMILES string of the molecule is Cc1ccc(-c2csc(NC(=O)c3cccc(F)c3F)n2)s1. The quantitative estimate of drug-likeness (QED) is 0.752. The first kappa shape index (κ1) is 14.8. The Morgan fingerprint density at radius 3 is 2.77 bits per heavy atom. The van der Waals surface area contributed by atoms with Crippen LogP contribution in [0.5, 0.6) is 0 Å². The Balaban J connectivity index is 1.80. The third kappa shape index (κ3) is 2.90. The van der Waals surface area contributed by atoms with E-state index in [1.165, 1.54) is 23.5 Å². The van der Waals surface area contributed by atoms with Crippen LogP contribution >= 0.6 is 22.7 Å². The second-order valence-corrected chi connectivity index (χ2v) is 6.65. The third-order valence-corrected chi connectivity index (χ3v) is 4.69. The molecule has 3 nitrogen and oxygen atoms in total. The number of anilines is 1. The molecule has 0 aliphatic carbocycles. The zero-order chi connectivity index (χ0) is 15.7. The number of rotatable bonds is 3. The van der Waals surface area contributed by atoms with Crippen LogP contribution in [-0.4, -0.2) is 10.9 Å². The van der Waals surface area contributed by atoms with Gasteiger partial charge in [-0.05, 0) is 31.2 Å². The summed E-state index contributed by atoms with van der Waals surface area (Å²) in [7, 11) is 0. The monoisotopic (exact) mass is 336 g/mol. The van der Waals surface area contributed by atoms with Gasteiger partial charge in [-0.2, -0.15) is 0 Å². The van der Waals surface area contributed by atoms with E-state index in [9.17, 15) is 13.6 Å². The summed E-state index contributed by atoms with van der Waals surface area (Å²) in [6, 6.07) is 7.42. The molecule has 0 fully saturated rings. The Kier molecular flexibility index (Phi) is 4.00. The maximum Gasteiger partial charge on any atom is 0.260 e. The smallest absolute Gasteiger partial charge is 0.260 e. The van der Waals surface area contributed by atoms with Crippen molar-refractivity contribution in [3.05, 3.63) is 57.8 Å². The maximum atomic E-state index is 13.6. The molecule has 2 heterocycles. The van der Waals surface area contributed by atoms with E-state index in [4.69, 9.17) is 0 Å². The molecule has 3 rings (SSSR count). The van der Waals surface area contributed by atoms with Crippen molar-refractivity contribution in [3.8, 4) is 10.6 Å². The number of nitrogens with one attached hydrogen (secondary N) is 1. The topological polar surface area (TPSA) is 42.0 Å². The molecular formula is C15H10F2N2OS2. The van der Waals surface area contributed by atoms with Crippen LogP contribution in [0.15, 0.2) is 35.7 Å². The first-order chi connectivity index (χ1) is 10.5. The lowest BCUT2D eigenvalue weighted by Crippen LogP contribution is -2.14. The van der Waals surface area contributed by atoms with E-state index in [1.54, 1.807) is 11.3 Å². The molecule has 0 aliphatic heterocycles. The largest absolute Gasteiger partial charge is 0.298 e. The summed E-state index contributed by atoms with van der Waals surface area (Å²) < 4.78 is 26.7. The third-order valence-electron chi connectivity index (χ3n) is 2.91. The van der Waals surface area contributed by atoms with Crippen molar-refractivity contribution in [3.63, 3.8) is 0 Å². The minimum atomic E-state index is -1.16. The minimum Gasteiger partial charge on any atom is -0.298 e. The molecule has 0 unspecified atom stereocenters. The van der Waals surface area contributed by atoms with Crippen LogP contribution in [-0.2, 0) is 0 Å². The number of aryl methyl sites for hydroxylation is 1. The van der Waals surface area contributed by atoms with Crippen molar-refractivity contribution < 1.29 is 13.6 Å². The van der Waals surface area contributed by atoms with Crippen LogP contribution in [0.2, 0.25) is 0 Å². The molecule has 1 aromatic carbocycles. The van der Waals surface area contributed by atoms with Crippen molar-refractivity contribution in [2.75, 3.05) is 5.32 Å². The predicted molar refractivity (Wildman–Crippen MR) is 84.5 cm³/mol. The molecule has 3 aromatic rings. The van der Waals surface area contributed by atoms with Crippen molar-refractivity contribution in [1.29, 1.82) is 0 Å². The van der Waals surface area contributed by atoms with Crippen molar-refractivity contribution in [2.24, 2.45) is 0 Å². The Morgan fingerprint density at radius 1 is 1.23 bits per heavy atom. The van der Waals surface area contributed by atoms with Gasteiger partial charge in [-0.3, -0.25) is 10.1 Å². The molecule has 0 aliphatic rings. The number of benzene rings is 1. The molecule has 0 atom stereocenters. The van der Waals surface area contributed by atoms with E-state index in [0.717, 1.165) is 21.5 Å². The van der Waals surface area contributed by atoms with Gasteiger partial charge < -0.3 is 0 Å². The molecule has 1 N–H and O–H groups in total. The fourth-order valence-corrected chi connectivity index (χ4v) is 3.47. The lowest BCUT2D eigenvalue weighted by atomic mass is 10.2. The van der Waals surface area contributed by atoms with Crippen molar-refractivity contribution in [1.82, 2.24) is 4.98 Å². The van der Waals surface area contributed by atoms with Crippen LogP contribution in [0, 0.1) is 18.6 Å². The standard InChI is InChI=1S/C15H10F2N2OS2/c1-8-5-6-12(22-8)11-7-21-15(18-11)19-14(20)9-3-2-4-10(16)13(9)17/h2-7H,1H3,(H,18,19,20). The van der Waals surface area contributed by atoms with E-state index < -0.39 is 17.5 Å². The van der Waals surface area contributed by atoms with Gasteiger partial charge in [0.25, 0.3) is 5.91 Å². The van der Waals surface area contributed by atoms with Gasteiger partial charge in [0.2, 0.25) is 0 Å². The molecule has 0 saturated carbocycles. The number of hydrogen-bond donors (Lipinski definition) is 1. The molecule has 1 amide bonds. The van der Waals surface area contributed by atoms with Gasteiger partial charge in [-0.15, -0.1) is 22.7 Å². The number of nitrogens with zero attached hydrogens (tertiary/aromatic N) is 1. The zero-order valence-electron chi connectivity index (χ0n) is 11.4. The second kappa shape index (κ2) is 5.94. The predicted octanol–water partition coefficient (Wildman–Crippen LogP) is 4.71. The number of hydrogen-bond acceptors (Lipinski definition) is 4. The van der Waals surface area contributed by atoms with Gasteiger partial charge in [-0.25, -0.2) is 13.8 Å². The van der Waals surface area contributed by atoms with Gasteiger partial charge in [0.15, 0.2) is 16.8 Å². The van der Waals surface area contributed by atoms with Crippen LogP contribution in [0.25, 0.3) is 10.6 Å². The highest BCUT2D eigenvalue weighted by Gasteiger charge is 2.16. The van der Waals surface area contributed by atoms with Gasteiger partial charge in [0.05, 0.1) is 16.1 Å². The lowest BCUT2D eigenvalue weighted by molar-refractivity contribution is 0.102. The summed E-state index contributed by atoms with van der Waals surface area (Å²) in [4.78, 5) is 18.4. The molecule has 0 saturated heterocycles. The molecule has 2 aromatic heterocycles. The first-order valence-corrected chi connectivity index (χ1v) is 8.02. The fraction of sp³-hybridized carbons (Fsp3) is 0.0667. The fourth-order valence-electron chi connectivity index (χ4n) is 1.86. The highest BCUT2D eigenvalue weighted by Crippen LogP contribution is 2.30. The summed E-state index contributed by atoms with van der Waals surface area (Å²) >= 11 is 2.83. The number of carbonyl (C=O) groups excluding carboxylic acids is 1. The highest BCUT2D eigenvalue weighted by molar-refractivity contribution is 7.17. The average Bonchev–Trinajstić information content (AvgIpc) is 3.10. The van der Waals surface area contributed by atoms with E-state index in [0.29, 0.717) is 5.13 Å². The summed E-state index contributed by atoms with van der Waals surface area (Å²) in [5.74, 6) is -2.94. The maximum absolute atomic E-state index is 13.6. The Hall–Kier alpha value is -2.12. The van der Waals surface area contributed by atoms with Crippen LogP contribution in [0.3, 0.4) is 0 Å². The number of thiophene rings is 1. The molecular weight excluding hydrogens is 326 g/mol. The second-order valence-electron chi connectivity index (χ2n) is 4.50. The molecule has 112 valence electrons. The van der Waals surface area contributed by atoms with E-state index in [2.05, 4.69) is 10.3 Å². The van der Waals surface area contributed by atoms with Gasteiger partial charge in [-0.1, -0.05) is 6.07 Å². The van der Waals surface area contributed by atoms with Crippen LogP contribution in [0.4, 0.5) is 13.9 Å². The molecule has 0 bridgehead atoms. The Labute approximate surface area is 133 Å². The van der Waals surface area contributed by atoms with Crippen molar-refractivity contribution >= 4 is 33.7 Å². The first-order valence-electron chi connectivity index (χ1n) is 6.32. The zero-order valence-corrected chi connectivity index (χ0v) is 13.0. The van der Waals surface area contributed by atoms with E-state index >= 15 is 0 Å². The van der Waals surface area contributed by atoms with Gasteiger partial charge in [0, 0.05) is 10.3 Å². The summed E-state index contributed by atoms with van der Waals surface area (Å²) in [6.07, 6.45) is 0. The number of halogens is 2. The molecule has 7 heteroatoms. The normalized spacial score (nSPS) is 10.7. The molecule has 22 heavy (non-hydrogen) atoms. The Morgan fingerprint density at radius 2 is 2.05 bits per heavy atom. The number of amides is 1. The van der Waals surface area contributed by atoms with E-state index in [-0.39, 0.29) is 5.56 Å². The Bertz CT molecular complexity index is 842. The van der Waals surface area contributed by atoms with Crippen LogP contribution < -0.4 is 5.32 Å². The van der Waals surface area contributed by atoms with Crippen molar-refractivity contribution in [2.45, 2.75) is 6.92 Å². The van der Waals surface area contributed by atoms with E-state index in [1.807, 2.05) is 24.4 Å². The molecule has 0 radical (unpaired) electrons. The number of carbonyl (C=O) groups is 1. The number of aromatic nitrogens is 1. The highest BCUT2D eigenvalue weighted by atomic mass is 32.1. The minimum absolute atomic E-state index is 0.342. The molecule has 0 spiro atoms. The summed E-state index contributed by atoms with van der Waals surface area (Å²) in [5.41, 5.74) is 0.404.